The number of carbonyl (C=O) groups excluding carboxylic acids is 1. The van der Waals surface area contributed by atoms with Crippen LogP contribution < -0.4 is 11.1 Å². The number of thiophene rings is 1. The summed E-state index contributed by atoms with van der Waals surface area (Å²) >= 11 is 9.85. The molecule has 0 radical (unpaired) electrons. The highest BCUT2D eigenvalue weighted by atomic mass is 79.9. The summed E-state index contributed by atoms with van der Waals surface area (Å²) in [6.07, 6.45) is 0. The number of hydrogen-bond donors (Lipinski definition) is 2. The molecular weight excluding hydrogens is 356 g/mol. The van der Waals surface area contributed by atoms with E-state index in [4.69, 9.17) is 18.0 Å². The van der Waals surface area contributed by atoms with Gasteiger partial charge < -0.3 is 11.1 Å². The maximum absolute atomic E-state index is 12.3. The molecule has 1 aromatic heterocycles. The largest absolute Gasteiger partial charge is 0.389 e. The molecule has 104 valence electrons. The molecule has 1 heterocycles. The number of carbonyl (C=O) groups is 1. The fourth-order valence-corrected chi connectivity index (χ4v) is 3.17. The Hall–Kier alpha value is -1.24. The van der Waals surface area contributed by atoms with Crippen LogP contribution in [0.4, 0.5) is 5.69 Å². The maximum atomic E-state index is 12.3. The van der Waals surface area contributed by atoms with E-state index in [1.807, 2.05) is 26.0 Å². The van der Waals surface area contributed by atoms with Crippen molar-refractivity contribution >= 4 is 56.1 Å². The number of hydrogen-bond acceptors (Lipinski definition) is 3. The summed E-state index contributed by atoms with van der Waals surface area (Å²) in [4.78, 5) is 14.3. The molecule has 0 fully saturated rings. The number of halogens is 1. The molecular formula is C14H13BrN2OS2. The van der Waals surface area contributed by atoms with Gasteiger partial charge in [-0.15, -0.1) is 11.3 Å². The van der Waals surface area contributed by atoms with Crippen LogP contribution in [0.25, 0.3) is 0 Å². The minimum Gasteiger partial charge on any atom is -0.389 e. The van der Waals surface area contributed by atoms with E-state index in [2.05, 4.69) is 21.2 Å². The van der Waals surface area contributed by atoms with E-state index >= 15 is 0 Å². The molecule has 0 saturated carbocycles. The van der Waals surface area contributed by atoms with Gasteiger partial charge in [-0.1, -0.05) is 28.1 Å². The Morgan fingerprint density at radius 2 is 2.05 bits per heavy atom. The maximum Gasteiger partial charge on any atom is 0.265 e. The summed E-state index contributed by atoms with van der Waals surface area (Å²) in [6.45, 7) is 3.98. The lowest BCUT2D eigenvalue weighted by Gasteiger charge is -2.10. The molecule has 0 spiro atoms. The number of nitrogens with two attached hydrogens (primary N) is 1. The van der Waals surface area contributed by atoms with Gasteiger partial charge in [0.05, 0.1) is 10.6 Å². The predicted molar refractivity (Wildman–Crippen MR) is 91.8 cm³/mol. The fourth-order valence-electron chi connectivity index (χ4n) is 1.70. The number of anilines is 1. The third kappa shape index (κ3) is 3.26. The van der Waals surface area contributed by atoms with Gasteiger partial charge in [-0.3, -0.25) is 4.79 Å². The van der Waals surface area contributed by atoms with Crippen LogP contribution in [-0.4, -0.2) is 10.9 Å². The summed E-state index contributed by atoms with van der Waals surface area (Å²) in [5, 5.41) is 2.86. The summed E-state index contributed by atoms with van der Waals surface area (Å²) in [5.41, 5.74) is 8.06. The van der Waals surface area contributed by atoms with Crippen molar-refractivity contribution in [3.8, 4) is 0 Å². The molecule has 2 rings (SSSR count). The normalized spacial score (nSPS) is 10.3. The molecule has 0 saturated heterocycles. The first-order valence-electron chi connectivity index (χ1n) is 5.86. The molecule has 0 aliphatic heterocycles. The summed E-state index contributed by atoms with van der Waals surface area (Å²) < 4.78 is 0.853. The Bertz CT molecular complexity index is 675. The molecule has 0 aliphatic carbocycles. The molecule has 0 unspecified atom stereocenters. The minimum absolute atomic E-state index is 0.151. The third-order valence-corrected chi connectivity index (χ3v) is 4.75. The zero-order chi connectivity index (χ0) is 14.9. The zero-order valence-corrected chi connectivity index (χ0v) is 14.2. The molecule has 20 heavy (non-hydrogen) atoms. The van der Waals surface area contributed by atoms with Crippen LogP contribution in [0.3, 0.4) is 0 Å². The molecule has 3 N–H and O–H groups in total. The summed E-state index contributed by atoms with van der Waals surface area (Å²) in [6, 6.07) is 7.30. The molecule has 6 heteroatoms. The van der Waals surface area contributed by atoms with Gasteiger partial charge in [0.2, 0.25) is 0 Å². The van der Waals surface area contributed by atoms with Crippen LogP contribution in [0.15, 0.2) is 28.7 Å². The Morgan fingerprint density at radius 3 is 2.60 bits per heavy atom. The van der Waals surface area contributed by atoms with Crippen molar-refractivity contribution in [1.29, 1.82) is 0 Å². The van der Waals surface area contributed by atoms with Gasteiger partial charge in [-0.2, -0.15) is 0 Å². The van der Waals surface area contributed by atoms with Crippen LogP contribution in [-0.2, 0) is 0 Å². The van der Waals surface area contributed by atoms with Crippen molar-refractivity contribution in [3.05, 3.63) is 49.6 Å². The van der Waals surface area contributed by atoms with Crippen molar-refractivity contribution in [3.63, 3.8) is 0 Å². The number of amides is 1. The van der Waals surface area contributed by atoms with Gasteiger partial charge in [-0.05, 0) is 43.7 Å². The first-order chi connectivity index (χ1) is 9.38. The second-order valence-corrected chi connectivity index (χ2v) is 6.97. The zero-order valence-electron chi connectivity index (χ0n) is 11.0. The van der Waals surface area contributed by atoms with Crippen molar-refractivity contribution in [2.45, 2.75) is 13.8 Å². The average Bonchev–Trinajstić information content (AvgIpc) is 2.69. The van der Waals surface area contributed by atoms with Crippen molar-refractivity contribution < 1.29 is 4.79 Å². The van der Waals surface area contributed by atoms with Gasteiger partial charge in [0.15, 0.2) is 0 Å². The molecule has 0 bridgehead atoms. The van der Waals surface area contributed by atoms with E-state index in [0.29, 0.717) is 16.1 Å². The van der Waals surface area contributed by atoms with Crippen molar-refractivity contribution in [1.82, 2.24) is 0 Å². The summed E-state index contributed by atoms with van der Waals surface area (Å²) in [5.74, 6) is -0.151. The Balaban J connectivity index is 2.32. The van der Waals surface area contributed by atoms with E-state index < -0.39 is 0 Å². The number of thiocarbonyl (C=S) groups is 1. The lowest BCUT2D eigenvalue weighted by Crippen LogP contribution is -2.17. The second-order valence-electron chi connectivity index (χ2n) is 4.36. The summed E-state index contributed by atoms with van der Waals surface area (Å²) in [7, 11) is 0. The van der Waals surface area contributed by atoms with Gasteiger partial charge in [-0.25, -0.2) is 0 Å². The third-order valence-electron chi connectivity index (χ3n) is 2.89. The number of aryl methyl sites for hydroxylation is 2. The van der Waals surface area contributed by atoms with Crippen LogP contribution in [0, 0.1) is 13.8 Å². The Labute approximate surface area is 135 Å². The SMILES string of the molecule is Cc1cc(C(=O)Nc2cc(Br)ccc2C(N)=S)sc1C. The first kappa shape index (κ1) is 15.2. The lowest BCUT2D eigenvalue weighted by molar-refractivity contribution is 0.103. The number of benzene rings is 1. The van der Waals surface area contributed by atoms with E-state index in [9.17, 15) is 4.79 Å². The molecule has 3 nitrogen and oxygen atoms in total. The molecule has 0 aliphatic rings. The Morgan fingerprint density at radius 1 is 1.35 bits per heavy atom. The quantitative estimate of drug-likeness (QED) is 0.804. The van der Waals surface area contributed by atoms with E-state index in [1.54, 1.807) is 12.1 Å². The Kier molecular flexibility index (Phi) is 4.57. The van der Waals surface area contributed by atoms with Crippen LogP contribution in [0.5, 0.6) is 0 Å². The number of nitrogens with one attached hydrogen (secondary N) is 1. The van der Waals surface area contributed by atoms with Gasteiger partial charge in [0.1, 0.15) is 4.99 Å². The first-order valence-corrected chi connectivity index (χ1v) is 7.88. The lowest BCUT2D eigenvalue weighted by atomic mass is 10.1. The van der Waals surface area contributed by atoms with Gasteiger partial charge in [0.25, 0.3) is 5.91 Å². The minimum atomic E-state index is -0.151. The predicted octanol–water partition coefficient (Wildman–Crippen LogP) is 4.01. The standard InChI is InChI=1S/C14H13BrN2OS2/c1-7-5-12(20-8(7)2)14(18)17-11-6-9(15)3-4-10(11)13(16)19/h3-6H,1-2H3,(H2,16,19)(H,17,18). The van der Waals surface area contributed by atoms with E-state index in [-0.39, 0.29) is 10.9 Å². The van der Waals surface area contributed by atoms with Crippen molar-refractivity contribution in [2.24, 2.45) is 5.73 Å². The number of rotatable bonds is 3. The van der Waals surface area contributed by atoms with E-state index in [0.717, 1.165) is 14.9 Å². The smallest absolute Gasteiger partial charge is 0.265 e. The average molecular weight is 369 g/mol. The van der Waals surface area contributed by atoms with Crippen LogP contribution in [0.1, 0.15) is 25.7 Å². The van der Waals surface area contributed by atoms with Crippen molar-refractivity contribution in [2.75, 3.05) is 5.32 Å². The highest BCUT2D eigenvalue weighted by molar-refractivity contribution is 9.10. The highest BCUT2D eigenvalue weighted by Crippen LogP contribution is 2.25. The molecule has 2 aromatic rings. The molecule has 1 amide bonds. The van der Waals surface area contributed by atoms with Crippen LogP contribution in [0.2, 0.25) is 0 Å². The highest BCUT2D eigenvalue weighted by Gasteiger charge is 2.14. The monoisotopic (exact) mass is 368 g/mol. The topological polar surface area (TPSA) is 55.1 Å². The molecule has 1 aromatic carbocycles. The molecule has 0 atom stereocenters. The van der Waals surface area contributed by atoms with E-state index in [1.165, 1.54) is 11.3 Å². The van der Waals surface area contributed by atoms with Gasteiger partial charge >= 0.3 is 0 Å². The second kappa shape index (κ2) is 6.03. The van der Waals surface area contributed by atoms with Gasteiger partial charge in [0, 0.05) is 14.9 Å². The fraction of sp³-hybridized carbons (Fsp3) is 0.143. The van der Waals surface area contributed by atoms with Crippen LogP contribution >= 0.6 is 39.5 Å².